The van der Waals surface area contributed by atoms with E-state index in [2.05, 4.69) is 27.5 Å². The second-order valence-electron chi connectivity index (χ2n) is 4.27. The molecule has 0 bridgehead atoms. The Balaban J connectivity index is 2.15. The van der Waals surface area contributed by atoms with E-state index in [1.54, 1.807) is 12.4 Å². The van der Waals surface area contributed by atoms with Gasteiger partial charge in [0.15, 0.2) is 0 Å². The number of aryl methyl sites for hydroxylation is 2. The molecule has 1 unspecified atom stereocenters. The maximum Gasteiger partial charge on any atom is 0.147 e. The van der Waals surface area contributed by atoms with Crippen LogP contribution in [-0.4, -0.2) is 17.0 Å². The molecule has 2 aromatic rings. The lowest BCUT2D eigenvalue weighted by atomic mass is 10.1. The number of anilines is 2. The van der Waals surface area contributed by atoms with Gasteiger partial charge in [0.2, 0.25) is 0 Å². The fraction of sp³-hybridized carbons (Fsp3) is 0.385. The van der Waals surface area contributed by atoms with Crippen LogP contribution in [0.1, 0.15) is 30.0 Å². The standard InChI is InChI=1S/C13H18N4O/c1-8-5-11(10(3)18-8)9(2)16-13-7-15-6-12(14-4)17-13/h5-7,9H,1-4H3,(H2,14,16,17). The third kappa shape index (κ3) is 2.61. The van der Waals surface area contributed by atoms with Crippen LogP contribution in [0.15, 0.2) is 22.9 Å². The Morgan fingerprint density at radius 1 is 1.22 bits per heavy atom. The van der Waals surface area contributed by atoms with E-state index in [0.717, 1.165) is 28.7 Å². The largest absolute Gasteiger partial charge is 0.466 e. The fourth-order valence-corrected chi connectivity index (χ4v) is 1.94. The Bertz CT molecular complexity index is 536. The molecule has 0 aromatic carbocycles. The lowest BCUT2D eigenvalue weighted by Crippen LogP contribution is -2.09. The third-order valence-electron chi connectivity index (χ3n) is 2.80. The summed E-state index contributed by atoms with van der Waals surface area (Å²) in [5.41, 5.74) is 1.14. The van der Waals surface area contributed by atoms with Gasteiger partial charge in [0.1, 0.15) is 23.2 Å². The minimum atomic E-state index is 0.129. The van der Waals surface area contributed by atoms with E-state index in [1.165, 1.54) is 0 Å². The normalized spacial score (nSPS) is 12.2. The van der Waals surface area contributed by atoms with Crippen molar-refractivity contribution in [2.45, 2.75) is 26.8 Å². The van der Waals surface area contributed by atoms with Crippen molar-refractivity contribution in [1.29, 1.82) is 0 Å². The zero-order chi connectivity index (χ0) is 13.1. The first-order valence-corrected chi connectivity index (χ1v) is 5.93. The molecule has 0 spiro atoms. The van der Waals surface area contributed by atoms with Crippen LogP contribution in [-0.2, 0) is 0 Å². The predicted octanol–water partition coefficient (Wildman–Crippen LogP) is 2.90. The Morgan fingerprint density at radius 2 is 1.94 bits per heavy atom. The van der Waals surface area contributed by atoms with E-state index in [-0.39, 0.29) is 6.04 Å². The minimum absolute atomic E-state index is 0.129. The first kappa shape index (κ1) is 12.4. The summed E-state index contributed by atoms with van der Waals surface area (Å²) in [4.78, 5) is 8.50. The lowest BCUT2D eigenvalue weighted by molar-refractivity contribution is 0.500. The van der Waals surface area contributed by atoms with Gasteiger partial charge < -0.3 is 15.1 Å². The van der Waals surface area contributed by atoms with Crippen LogP contribution in [0.5, 0.6) is 0 Å². The molecule has 0 aliphatic heterocycles. The van der Waals surface area contributed by atoms with Crippen molar-refractivity contribution >= 4 is 11.6 Å². The number of hydrogen-bond acceptors (Lipinski definition) is 5. The van der Waals surface area contributed by atoms with Gasteiger partial charge >= 0.3 is 0 Å². The number of aromatic nitrogens is 2. The molecule has 1 atom stereocenters. The molecule has 0 radical (unpaired) electrons. The first-order chi connectivity index (χ1) is 8.60. The Kier molecular flexibility index (Phi) is 3.50. The van der Waals surface area contributed by atoms with Gasteiger partial charge in [-0.2, -0.15) is 0 Å². The second-order valence-corrected chi connectivity index (χ2v) is 4.27. The van der Waals surface area contributed by atoms with Gasteiger partial charge in [-0.1, -0.05) is 0 Å². The molecule has 2 heterocycles. The van der Waals surface area contributed by atoms with E-state index in [0.29, 0.717) is 0 Å². The van der Waals surface area contributed by atoms with Gasteiger partial charge in [0, 0.05) is 12.6 Å². The molecule has 0 fully saturated rings. The molecule has 2 aromatic heterocycles. The van der Waals surface area contributed by atoms with Crippen LogP contribution in [0.25, 0.3) is 0 Å². The van der Waals surface area contributed by atoms with Crippen molar-refractivity contribution in [3.63, 3.8) is 0 Å². The lowest BCUT2D eigenvalue weighted by Gasteiger charge is -2.14. The molecule has 0 aliphatic rings. The highest BCUT2D eigenvalue weighted by Crippen LogP contribution is 2.24. The van der Waals surface area contributed by atoms with E-state index in [1.807, 2.05) is 27.0 Å². The monoisotopic (exact) mass is 246 g/mol. The van der Waals surface area contributed by atoms with Gasteiger partial charge in [0.25, 0.3) is 0 Å². The summed E-state index contributed by atoms with van der Waals surface area (Å²) in [6, 6.07) is 2.17. The first-order valence-electron chi connectivity index (χ1n) is 5.93. The molecule has 0 amide bonds. The van der Waals surface area contributed by atoms with E-state index in [9.17, 15) is 0 Å². The number of nitrogens with zero attached hydrogens (tertiary/aromatic N) is 2. The topological polar surface area (TPSA) is 63.0 Å². The predicted molar refractivity (Wildman–Crippen MR) is 71.8 cm³/mol. The average Bonchev–Trinajstić information content (AvgIpc) is 2.69. The molecule has 0 saturated carbocycles. The summed E-state index contributed by atoms with van der Waals surface area (Å²) in [6.45, 7) is 5.99. The van der Waals surface area contributed by atoms with E-state index < -0.39 is 0 Å². The van der Waals surface area contributed by atoms with Crippen molar-refractivity contribution in [3.05, 3.63) is 35.5 Å². The van der Waals surface area contributed by atoms with Crippen LogP contribution in [0.3, 0.4) is 0 Å². The summed E-state index contributed by atoms with van der Waals surface area (Å²) < 4.78 is 5.53. The SMILES string of the molecule is CNc1cncc(NC(C)c2cc(C)oc2C)n1. The Labute approximate surface area is 107 Å². The fourth-order valence-electron chi connectivity index (χ4n) is 1.94. The number of hydrogen-bond donors (Lipinski definition) is 2. The molecular weight excluding hydrogens is 228 g/mol. The van der Waals surface area contributed by atoms with Crippen molar-refractivity contribution in [2.24, 2.45) is 0 Å². The Morgan fingerprint density at radius 3 is 2.56 bits per heavy atom. The van der Waals surface area contributed by atoms with Crippen molar-refractivity contribution < 1.29 is 4.42 Å². The summed E-state index contributed by atoms with van der Waals surface area (Å²) >= 11 is 0. The molecule has 0 saturated heterocycles. The number of rotatable bonds is 4. The minimum Gasteiger partial charge on any atom is -0.466 e. The summed E-state index contributed by atoms with van der Waals surface area (Å²) in [5.74, 6) is 3.34. The zero-order valence-electron chi connectivity index (χ0n) is 11.1. The number of furan rings is 1. The van der Waals surface area contributed by atoms with Gasteiger partial charge in [-0.15, -0.1) is 0 Å². The van der Waals surface area contributed by atoms with Crippen LogP contribution in [0.2, 0.25) is 0 Å². The van der Waals surface area contributed by atoms with E-state index in [4.69, 9.17) is 4.42 Å². The molecule has 2 rings (SSSR count). The van der Waals surface area contributed by atoms with Gasteiger partial charge in [-0.05, 0) is 26.8 Å². The van der Waals surface area contributed by atoms with Gasteiger partial charge in [-0.3, -0.25) is 4.98 Å². The van der Waals surface area contributed by atoms with Crippen molar-refractivity contribution in [3.8, 4) is 0 Å². The van der Waals surface area contributed by atoms with Crippen molar-refractivity contribution in [2.75, 3.05) is 17.7 Å². The zero-order valence-corrected chi connectivity index (χ0v) is 11.1. The molecule has 0 aliphatic carbocycles. The summed E-state index contributed by atoms with van der Waals surface area (Å²) in [5, 5.41) is 6.28. The quantitative estimate of drug-likeness (QED) is 0.868. The molecular formula is C13H18N4O. The van der Waals surface area contributed by atoms with Crippen LogP contribution >= 0.6 is 0 Å². The highest BCUT2D eigenvalue weighted by molar-refractivity contribution is 5.43. The second kappa shape index (κ2) is 5.08. The third-order valence-corrected chi connectivity index (χ3v) is 2.80. The van der Waals surface area contributed by atoms with Crippen LogP contribution in [0, 0.1) is 13.8 Å². The molecule has 5 nitrogen and oxygen atoms in total. The highest BCUT2D eigenvalue weighted by atomic mass is 16.3. The molecule has 96 valence electrons. The molecule has 18 heavy (non-hydrogen) atoms. The number of nitrogens with one attached hydrogen (secondary N) is 2. The summed E-state index contributed by atoms with van der Waals surface area (Å²) in [6.07, 6.45) is 3.39. The molecule has 5 heteroatoms. The smallest absolute Gasteiger partial charge is 0.147 e. The van der Waals surface area contributed by atoms with Crippen molar-refractivity contribution in [1.82, 2.24) is 9.97 Å². The van der Waals surface area contributed by atoms with Gasteiger partial charge in [0.05, 0.1) is 18.4 Å². The molecule has 2 N–H and O–H groups in total. The van der Waals surface area contributed by atoms with Crippen LogP contribution in [0.4, 0.5) is 11.6 Å². The Hall–Kier alpha value is -2.04. The summed E-state index contributed by atoms with van der Waals surface area (Å²) in [7, 11) is 1.82. The van der Waals surface area contributed by atoms with Crippen LogP contribution < -0.4 is 10.6 Å². The average molecular weight is 246 g/mol. The van der Waals surface area contributed by atoms with Gasteiger partial charge in [-0.25, -0.2) is 4.98 Å². The maximum absolute atomic E-state index is 5.53. The highest BCUT2D eigenvalue weighted by Gasteiger charge is 2.13. The van der Waals surface area contributed by atoms with E-state index >= 15 is 0 Å². The maximum atomic E-state index is 5.53.